The first-order valence-corrected chi connectivity index (χ1v) is 2.83. The third kappa shape index (κ3) is 0.545. The van der Waals surface area contributed by atoms with Gasteiger partial charge in [0.25, 0.3) is 0 Å². The predicted molar refractivity (Wildman–Crippen MR) is 26.1 cm³/mol. The van der Waals surface area contributed by atoms with Crippen molar-refractivity contribution in [1.82, 2.24) is 5.32 Å². The molecule has 0 aliphatic carbocycles. The Morgan fingerprint density at radius 3 is 3.00 bits per heavy atom. The van der Waals surface area contributed by atoms with Gasteiger partial charge in [-0.2, -0.15) is 0 Å². The van der Waals surface area contributed by atoms with E-state index in [1.165, 1.54) is 6.42 Å². The van der Waals surface area contributed by atoms with Gasteiger partial charge in [-0.25, -0.2) is 0 Å². The van der Waals surface area contributed by atoms with E-state index in [4.69, 9.17) is 4.74 Å². The van der Waals surface area contributed by atoms with Crippen molar-refractivity contribution in [3.8, 4) is 0 Å². The fourth-order valence-electron chi connectivity index (χ4n) is 1.10. The Morgan fingerprint density at radius 2 is 2.43 bits per heavy atom. The molecule has 0 radical (unpaired) electrons. The van der Waals surface area contributed by atoms with E-state index >= 15 is 0 Å². The standard InChI is InChI=1S/C5H9NO/c1-2-6-3-5-4(1)7-5/h4-6H,1-3H2/t4-,5+/m0/s1. The van der Waals surface area contributed by atoms with Crippen LogP contribution in [0.2, 0.25) is 0 Å². The molecule has 40 valence electrons. The van der Waals surface area contributed by atoms with Gasteiger partial charge in [-0.1, -0.05) is 0 Å². The van der Waals surface area contributed by atoms with E-state index in [2.05, 4.69) is 5.32 Å². The number of piperidine rings is 1. The van der Waals surface area contributed by atoms with Gasteiger partial charge in [-0.15, -0.1) is 0 Å². The number of nitrogens with one attached hydrogen (secondary N) is 1. The summed E-state index contributed by atoms with van der Waals surface area (Å²) >= 11 is 0. The van der Waals surface area contributed by atoms with Crippen molar-refractivity contribution in [3.05, 3.63) is 0 Å². The Labute approximate surface area is 42.9 Å². The highest BCUT2D eigenvalue weighted by atomic mass is 16.6. The van der Waals surface area contributed by atoms with Gasteiger partial charge in [0.2, 0.25) is 0 Å². The molecule has 0 amide bonds. The fourth-order valence-corrected chi connectivity index (χ4v) is 1.10. The lowest BCUT2D eigenvalue weighted by molar-refractivity contribution is 0.379. The fraction of sp³-hybridized carbons (Fsp3) is 1.00. The van der Waals surface area contributed by atoms with Gasteiger partial charge in [-0.3, -0.25) is 0 Å². The molecule has 0 aromatic carbocycles. The number of hydrogen-bond donors (Lipinski definition) is 1. The summed E-state index contributed by atoms with van der Waals surface area (Å²) in [5.41, 5.74) is 0. The molecule has 2 aliphatic heterocycles. The van der Waals surface area contributed by atoms with Crippen LogP contribution in [0.15, 0.2) is 0 Å². The monoisotopic (exact) mass is 99.1 g/mol. The van der Waals surface area contributed by atoms with Gasteiger partial charge in [0.05, 0.1) is 12.2 Å². The number of epoxide rings is 1. The molecule has 2 aliphatic rings. The zero-order chi connectivity index (χ0) is 4.69. The third-order valence-corrected chi connectivity index (χ3v) is 1.64. The molecule has 2 heterocycles. The van der Waals surface area contributed by atoms with Crippen molar-refractivity contribution in [1.29, 1.82) is 0 Å². The van der Waals surface area contributed by atoms with Crippen LogP contribution in [0, 0.1) is 0 Å². The van der Waals surface area contributed by atoms with Gasteiger partial charge < -0.3 is 10.1 Å². The van der Waals surface area contributed by atoms with Crippen LogP contribution in [0.1, 0.15) is 6.42 Å². The summed E-state index contributed by atoms with van der Waals surface area (Å²) in [6, 6.07) is 0. The SMILES string of the molecule is C1C[C@@H]2O[C@@H]2CN1. The van der Waals surface area contributed by atoms with E-state index in [9.17, 15) is 0 Å². The number of hydrogen-bond acceptors (Lipinski definition) is 2. The lowest BCUT2D eigenvalue weighted by Gasteiger charge is -2.03. The van der Waals surface area contributed by atoms with E-state index in [0.717, 1.165) is 13.1 Å². The van der Waals surface area contributed by atoms with Crippen molar-refractivity contribution in [2.24, 2.45) is 0 Å². The second kappa shape index (κ2) is 1.20. The quantitative estimate of drug-likeness (QED) is 0.423. The Bertz CT molecular complexity index is 74.1. The van der Waals surface area contributed by atoms with E-state index < -0.39 is 0 Å². The minimum atomic E-state index is 0.591. The largest absolute Gasteiger partial charge is 0.368 e. The van der Waals surface area contributed by atoms with Crippen LogP contribution in [0.3, 0.4) is 0 Å². The zero-order valence-corrected chi connectivity index (χ0v) is 4.18. The first kappa shape index (κ1) is 3.87. The average molecular weight is 99.1 g/mol. The lowest BCUT2D eigenvalue weighted by atomic mass is 10.2. The minimum absolute atomic E-state index is 0.591. The van der Waals surface area contributed by atoms with Gasteiger partial charge in [0.15, 0.2) is 0 Å². The summed E-state index contributed by atoms with van der Waals surface area (Å²) in [7, 11) is 0. The number of fused-ring (bicyclic) bond motifs is 1. The molecule has 2 saturated heterocycles. The van der Waals surface area contributed by atoms with Crippen molar-refractivity contribution in [2.75, 3.05) is 13.1 Å². The van der Waals surface area contributed by atoms with Crippen molar-refractivity contribution < 1.29 is 4.74 Å². The maximum atomic E-state index is 5.22. The molecule has 0 aromatic rings. The highest BCUT2D eigenvalue weighted by molar-refractivity contribution is 4.90. The van der Waals surface area contributed by atoms with Crippen LogP contribution in [-0.4, -0.2) is 25.3 Å². The van der Waals surface area contributed by atoms with Crippen molar-refractivity contribution in [2.45, 2.75) is 18.6 Å². The molecule has 2 rings (SSSR count). The highest BCUT2D eigenvalue weighted by Gasteiger charge is 2.39. The summed E-state index contributed by atoms with van der Waals surface area (Å²) in [6.45, 7) is 2.24. The van der Waals surface area contributed by atoms with Crippen molar-refractivity contribution >= 4 is 0 Å². The number of ether oxygens (including phenoxy) is 1. The van der Waals surface area contributed by atoms with Crippen LogP contribution >= 0.6 is 0 Å². The maximum absolute atomic E-state index is 5.22. The summed E-state index contributed by atoms with van der Waals surface area (Å²) in [4.78, 5) is 0. The van der Waals surface area contributed by atoms with E-state index in [0.29, 0.717) is 12.2 Å². The normalized spacial score (nSPS) is 48.0. The zero-order valence-electron chi connectivity index (χ0n) is 4.18. The molecular formula is C5H9NO. The third-order valence-electron chi connectivity index (χ3n) is 1.64. The van der Waals surface area contributed by atoms with Crippen LogP contribution in [0.25, 0.3) is 0 Å². The first-order chi connectivity index (χ1) is 3.47. The highest BCUT2D eigenvalue weighted by Crippen LogP contribution is 2.26. The predicted octanol–water partition coefficient (Wildman–Crippen LogP) is -0.253. The van der Waals surface area contributed by atoms with Crippen LogP contribution < -0.4 is 5.32 Å². The first-order valence-electron chi connectivity index (χ1n) is 2.83. The van der Waals surface area contributed by atoms with Crippen molar-refractivity contribution in [3.63, 3.8) is 0 Å². The molecule has 0 spiro atoms. The molecule has 0 aromatic heterocycles. The molecule has 1 N–H and O–H groups in total. The smallest absolute Gasteiger partial charge is 0.0966 e. The Kier molecular flexibility index (Phi) is 0.664. The van der Waals surface area contributed by atoms with Gasteiger partial charge in [0, 0.05) is 6.54 Å². The molecule has 0 saturated carbocycles. The molecule has 2 heteroatoms. The minimum Gasteiger partial charge on any atom is -0.368 e. The Hall–Kier alpha value is -0.0800. The summed E-state index contributed by atoms with van der Waals surface area (Å²) < 4.78 is 5.22. The molecule has 0 unspecified atom stereocenters. The van der Waals surface area contributed by atoms with Crippen LogP contribution in [0.4, 0.5) is 0 Å². The van der Waals surface area contributed by atoms with Crippen LogP contribution in [-0.2, 0) is 4.74 Å². The Balaban J connectivity index is 1.95. The molecule has 2 atom stereocenters. The molecule has 0 bridgehead atoms. The molecule has 7 heavy (non-hydrogen) atoms. The van der Waals surface area contributed by atoms with Gasteiger partial charge in [-0.05, 0) is 13.0 Å². The van der Waals surface area contributed by atoms with Gasteiger partial charge in [0.1, 0.15) is 0 Å². The lowest BCUT2D eigenvalue weighted by Crippen LogP contribution is -2.28. The maximum Gasteiger partial charge on any atom is 0.0966 e. The topological polar surface area (TPSA) is 24.6 Å². The molecule has 2 fully saturated rings. The summed E-state index contributed by atoms with van der Waals surface area (Å²) in [5.74, 6) is 0. The summed E-state index contributed by atoms with van der Waals surface area (Å²) in [5, 5.41) is 3.25. The van der Waals surface area contributed by atoms with Gasteiger partial charge >= 0.3 is 0 Å². The average Bonchev–Trinajstić information content (AvgIpc) is 2.41. The Morgan fingerprint density at radius 1 is 1.43 bits per heavy atom. The second-order valence-electron chi connectivity index (χ2n) is 2.21. The summed E-state index contributed by atoms with van der Waals surface area (Å²) in [6.07, 6.45) is 2.46. The van der Waals surface area contributed by atoms with E-state index in [-0.39, 0.29) is 0 Å². The molecular weight excluding hydrogens is 90.1 g/mol. The molecule has 2 nitrogen and oxygen atoms in total. The van der Waals surface area contributed by atoms with Crippen LogP contribution in [0.5, 0.6) is 0 Å². The number of rotatable bonds is 0. The second-order valence-corrected chi connectivity index (χ2v) is 2.21. The van der Waals surface area contributed by atoms with E-state index in [1.54, 1.807) is 0 Å². The van der Waals surface area contributed by atoms with E-state index in [1.807, 2.05) is 0 Å².